The van der Waals surface area contributed by atoms with Crippen molar-refractivity contribution >= 4 is 16.5 Å². The second-order valence-electron chi connectivity index (χ2n) is 8.43. The summed E-state index contributed by atoms with van der Waals surface area (Å²) in [7, 11) is 6.54. The molecule has 7 nitrogen and oxygen atoms in total. The minimum Gasteiger partial charge on any atom is -0.495 e. The van der Waals surface area contributed by atoms with Crippen LogP contribution in [-0.2, 0) is 0 Å². The Kier molecular flexibility index (Phi) is 7.65. The standard InChI is InChI=1S/C27H34N2O5/c1-31-24-8-6-5-7-22(24)29-15-13-28(14-16-29)12-11-23(30)19-9-10-21-20(17-19)18-25(32-2)27(34-4)26(21)33-3/h5-10,17-18,23,30H,11-16H2,1-4H3. The van der Waals surface area contributed by atoms with Gasteiger partial charge in [-0.2, -0.15) is 0 Å². The van der Waals surface area contributed by atoms with Gasteiger partial charge in [0.2, 0.25) is 5.75 Å². The minimum atomic E-state index is -0.546. The molecule has 0 saturated carbocycles. The molecule has 4 rings (SSSR count). The number of nitrogens with zero attached hydrogens (tertiary/aromatic N) is 2. The highest BCUT2D eigenvalue weighted by Crippen LogP contribution is 2.43. The van der Waals surface area contributed by atoms with Gasteiger partial charge in [-0.3, -0.25) is 4.90 Å². The van der Waals surface area contributed by atoms with E-state index in [0.717, 1.165) is 60.5 Å². The van der Waals surface area contributed by atoms with Gasteiger partial charge in [0, 0.05) is 38.1 Å². The fraction of sp³-hybridized carbons (Fsp3) is 0.407. The van der Waals surface area contributed by atoms with Crippen LogP contribution in [0.4, 0.5) is 5.69 Å². The normalized spacial score (nSPS) is 15.3. The van der Waals surface area contributed by atoms with E-state index in [1.807, 2.05) is 42.5 Å². The van der Waals surface area contributed by atoms with E-state index in [4.69, 9.17) is 18.9 Å². The zero-order chi connectivity index (χ0) is 24.1. The molecule has 0 spiro atoms. The van der Waals surface area contributed by atoms with Crippen LogP contribution in [0.2, 0.25) is 0 Å². The molecule has 0 amide bonds. The number of rotatable bonds is 9. The Balaban J connectivity index is 1.39. The largest absolute Gasteiger partial charge is 0.495 e. The van der Waals surface area contributed by atoms with E-state index < -0.39 is 6.10 Å². The fourth-order valence-electron chi connectivity index (χ4n) is 4.68. The molecule has 1 saturated heterocycles. The zero-order valence-electron chi connectivity index (χ0n) is 20.4. The Morgan fingerprint density at radius 3 is 2.18 bits per heavy atom. The van der Waals surface area contributed by atoms with Gasteiger partial charge in [-0.1, -0.05) is 24.3 Å². The molecule has 3 aromatic rings. The van der Waals surface area contributed by atoms with Gasteiger partial charge in [0.1, 0.15) is 5.75 Å². The van der Waals surface area contributed by atoms with Crippen LogP contribution in [0.5, 0.6) is 23.0 Å². The summed E-state index contributed by atoms with van der Waals surface area (Å²) < 4.78 is 22.1. The first-order valence-electron chi connectivity index (χ1n) is 11.6. The summed E-state index contributed by atoms with van der Waals surface area (Å²) in [5.41, 5.74) is 2.03. The van der Waals surface area contributed by atoms with Crippen molar-refractivity contribution in [1.82, 2.24) is 4.90 Å². The van der Waals surface area contributed by atoms with Gasteiger partial charge in [-0.15, -0.1) is 0 Å². The van der Waals surface area contributed by atoms with E-state index >= 15 is 0 Å². The maximum Gasteiger partial charge on any atom is 0.203 e. The molecule has 1 unspecified atom stereocenters. The van der Waals surface area contributed by atoms with Crippen LogP contribution in [0.1, 0.15) is 18.1 Å². The lowest BCUT2D eigenvalue weighted by Crippen LogP contribution is -2.46. The number of piperazine rings is 1. The maximum atomic E-state index is 10.9. The molecule has 1 atom stereocenters. The number of aliphatic hydroxyl groups excluding tert-OH is 1. The van der Waals surface area contributed by atoms with Crippen molar-refractivity contribution in [3.63, 3.8) is 0 Å². The number of fused-ring (bicyclic) bond motifs is 1. The Morgan fingerprint density at radius 1 is 0.794 bits per heavy atom. The third-order valence-corrected chi connectivity index (χ3v) is 6.57. The molecule has 3 aromatic carbocycles. The Hall–Kier alpha value is -3.16. The fourth-order valence-corrected chi connectivity index (χ4v) is 4.68. The third-order valence-electron chi connectivity index (χ3n) is 6.57. The third kappa shape index (κ3) is 4.86. The molecule has 0 bridgehead atoms. The van der Waals surface area contributed by atoms with E-state index in [2.05, 4.69) is 15.9 Å². The van der Waals surface area contributed by atoms with Crippen molar-refractivity contribution in [3.05, 3.63) is 54.1 Å². The minimum absolute atomic E-state index is 0.546. The highest BCUT2D eigenvalue weighted by Gasteiger charge is 2.21. The van der Waals surface area contributed by atoms with Gasteiger partial charge < -0.3 is 29.0 Å². The second kappa shape index (κ2) is 10.8. The van der Waals surface area contributed by atoms with Crippen LogP contribution in [0.25, 0.3) is 10.8 Å². The molecule has 1 N–H and O–H groups in total. The lowest BCUT2D eigenvalue weighted by Gasteiger charge is -2.36. The van der Waals surface area contributed by atoms with Gasteiger partial charge in [-0.05, 0) is 41.6 Å². The Morgan fingerprint density at radius 2 is 1.50 bits per heavy atom. The summed E-state index contributed by atoms with van der Waals surface area (Å²) in [6, 6.07) is 16.0. The predicted molar refractivity (Wildman–Crippen MR) is 135 cm³/mol. The number of hydrogen-bond acceptors (Lipinski definition) is 7. The highest BCUT2D eigenvalue weighted by atomic mass is 16.5. The molecule has 0 aromatic heterocycles. The number of benzene rings is 3. The SMILES string of the molecule is COc1ccccc1N1CCN(CCC(O)c2ccc3c(OC)c(OC)c(OC)cc3c2)CC1. The Labute approximate surface area is 201 Å². The van der Waals surface area contributed by atoms with Gasteiger partial charge in [0.05, 0.1) is 40.2 Å². The molecule has 1 fully saturated rings. The average molecular weight is 467 g/mol. The first-order valence-corrected chi connectivity index (χ1v) is 11.6. The quantitative estimate of drug-likeness (QED) is 0.509. The molecule has 34 heavy (non-hydrogen) atoms. The number of hydrogen-bond donors (Lipinski definition) is 1. The molecule has 0 radical (unpaired) electrons. The van der Waals surface area contributed by atoms with E-state index in [1.165, 1.54) is 0 Å². The predicted octanol–water partition coefficient (Wildman–Crippen LogP) is 4.12. The Bertz CT molecular complexity index is 1110. The van der Waals surface area contributed by atoms with Crippen LogP contribution in [0, 0.1) is 0 Å². The van der Waals surface area contributed by atoms with Crippen molar-refractivity contribution in [1.29, 1.82) is 0 Å². The van der Waals surface area contributed by atoms with Crippen LogP contribution < -0.4 is 23.8 Å². The summed E-state index contributed by atoms with van der Waals surface area (Å²) in [5, 5.41) is 12.8. The molecule has 7 heteroatoms. The summed E-state index contributed by atoms with van der Waals surface area (Å²) in [6.07, 6.45) is 0.126. The first-order chi connectivity index (χ1) is 16.6. The van der Waals surface area contributed by atoms with E-state index in [-0.39, 0.29) is 0 Å². The lowest BCUT2D eigenvalue weighted by molar-refractivity contribution is 0.139. The molecule has 0 aliphatic carbocycles. The average Bonchev–Trinajstić information content (AvgIpc) is 2.90. The number of ether oxygens (including phenoxy) is 4. The maximum absolute atomic E-state index is 10.9. The molecule has 1 aliphatic heterocycles. The summed E-state index contributed by atoms with van der Waals surface area (Å²) in [6.45, 7) is 4.63. The van der Waals surface area contributed by atoms with E-state index in [9.17, 15) is 5.11 Å². The first kappa shape index (κ1) is 24.0. The topological polar surface area (TPSA) is 63.6 Å². The summed E-state index contributed by atoms with van der Waals surface area (Å²) in [5.74, 6) is 2.71. The van der Waals surface area contributed by atoms with Crippen molar-refractivity contribution < 1.29 is 24.1 Å². The van der Waals surface area contributed by atoms with Crippen LogP contribution in [0.3, 0.4) is 0 Å². The van der Waals surface area contributed by atoms with E-state index in [1.54, 1.807) is 28.4 Å². The molecular formula is C27H34N2O5. The zero-order valence-corrected chi connectivity index (χ0v) is 20.4. The molecule has 1 aliphatic rings. The number of anilines is 1. The van der Waals surface area contributed by atoms with Gasteiger partial charge in [-0.25, -0.2) is 0 Å². The van der Waals surface area contributed by atoms with Crippen LogP contribution in [-0.4, -0.2) is 71.2 Å². The lowest BCUT2D eigenvalue weighted by atomic mass is 10.00. The molecular weight excluding hydrogens is 432 g/mol. The second-order valence-corrected chi connectivity index (χ2v) is 8.43. The number of methoxy groups -OCH3 is 4. The van der Waals surface area contributed by atoms with Gasteiger partial charge in [0.15, 0.2) is 11.5 Å². The van der Waals surface area contributed by atoms with Crippen molar-refractivity contribution in [2.75, 3.05) is 66.1 Å². The highest BCUT2D eigenvalue weighted by molar-refractivity contribution is 5.93. The molecule has 1 heterocycles. The van der Waals surface area contributed by atoms with E-state index in [0.29, 0.717) is 23.7 Å². The van der Waals surface area contributed by atoms with Crippen molar-refractivity contribution in [2.24, 2.45) is 0 Å². The van der Waals surface area contributed by atoms with Gasteiger partial charge in [0.25, 0.3) is 0 Å². The summed E-state index contributed by atoms with van der Waals surface area (Å²) >= 11 is 0. The van der Waals surface area contributed by atoms with Crippen molar-refractivity contribution in [3.8, 4) is 23.0 Å². The smallest absolute Gasteiger partial charge is 0.203 e. The van der Waals surface area contributed by atoms with Crippen molar-refractivity contribution in [2.45, 2.75) is 12.5 Å². The monoisotopic (exact) mass is 466 g/mol. The molecule has 182 valence electrons. The number of aliphatic hydroxyl groups is 1. The summed E-state index contributed by atoms with van der Waals surface area (Å²) in [4.78, 5) is 4.78. The van der Waals surface area contributed by atoms with Crippen LogP contribution in [0.15, 0.2) is 48.5 Å². The number of para-hydroxylation sites is 2. The van der Waals surface area contributed by atoms with Crippen LogP contribution >= 0.6 is 0 Å². The van der Waals surface area contributed by atoms with Gasteiger partial charge >= 0.3 is 0 Å².